The molecule has 3 atom stereocenters. The van der Waals surface area contributed by atoms with Crippen LogP contribution in [0.3, 0.4) is 0 Å². The molecule has 20 heavy (non-hydrogen) atoms. The number of nitrogens with two attached hydrogens (primary N) is 1. The minimum Gasteiger partial charge on any atom is -0.338 e. The predicted octanol–water partition coefficient (Wildman–Crippen LogP) is 2.88. The van der Waals surface area contributed by atoms with Gasteiger partial charge in [0.2, 0.25) is 0 Å². The first-order valence-electron chi connectivity index (χ1n) is 6.87. The summed E-state index contributed by atoms with van der Waals surface area (Å²) in [7, 11) is 0. The van der Waals surface area contributed by atoms with E-state index in [4.69, 9.17) is 17.3 Å². The van der Waals surface area contributed by atoms with Crippen molar-refractivity contribution < 1.29 is 4.79 Å². The van der Waals surface area contributed by atoms with Crippen LogP contribution in [0, 0.1) is 18.8 Å². The lowest BCUT2D eigenvalue weighted by Crippen LogP contribution is -2.33. The van der Waals surface area contributed by atoms with E-state index in [1.54, 1.807) is 6.07 Å². The Hall–Kier alpha value is -0.770. The Labute approximate surface area is 130 Å². The van der Waals surface area contributed by atoms with Crippen LogP contribution in [0.1, 0.15) is 28.8 Å². The molecule has 3 rings (SSSR count). The van der Waals surface area contributed by atoms with Gasteiger partial charge in [-0.3, -0.25) is 4.79 Å². The highest BCUT2D eigenvalue weighted by atomic mass is 35.5. The Balaban J connectivity index is 0.00000147. The molecule has 1 aliphatic heterocycles. The van der Waals surface area contributed by atoms with Gasteiger partial charge < -0.3 is 10.6 Å². The molecule has 0 spiro atoms. The van der Waals surface area contributed by atoms with E-state index in [-0.39, 0.29) is 24.4 Å². The van der Waals surface area contributed by atoms with E-state index >= 15 is 0 Å². The van der Waals surface area contributed by atoms with Crippen molar-refractivity contribution in [2.45, 2.75) is 25.8 Å². The number of rotatable bonds is 1. The van der Waals surface area contributed by atoms with Gasteiger partial charge in [-0.2, -0.15) is 0 Å². The minimum atomic E-state index is 0. The Morgan fingerprint density at radius 3 is 2.80 bits per heavy atom. The molecule has 1 aromatic carbocycles. The number of aryl methyl sites for hydroxylation is 1. The standard InChI is InChI=1S/C15H19ClN2O.ClH/c1-9-2-4-11(16)6-12(9)15(19)18-7-10-3-5-14(17)13(10)8-18;/h2,4,6,10,13-14H,3,5,7-8,17H2,1H3;1H. The monoisotopic (exact) mass is 314 g/mol. The van der Waals surface area contributed by atoms with Crippen LogP contribution in [0.4, 0.5) is 0 Å². The number of hydrogen-bond acceptors (Lipinski definition) is 2. The molecule has 2 N–H and O–H groups in total. The third-order valence-corrected chi connectivity index (χ3v) is 4.86. The summed E-state index contributed by atoms with van der Waals surface area (Å²) in [6.45, 7) is 3.60. The molecule has 1 aliphatic carbocycles. The van der Waals surface area contributed by atoms with Crippen LogP contribution in [-0.2, 0) is 0 Å². The maximum atomic E-state index is 12.6. The Kier molecular flexibility index (Phi) is 4.62. The SMILES string of the molecule is Cc1ccc(Cl)cc1C(=O)N1CC2CCC(N)C2C1.Cl. The molecule has 1 saturated carbocycles. The zero-order valence-corrected chi connectivity index (χ0v) is 13.1. The van der Waals surface area contributed by atoms with Crippen LogP contribution in [0.2, 0.25) is 5.02 Å². The first-order valence-corrected chi connectivity index (χ1v) is 7.25. The summed E-state index contributed by atoms with van der Waals surface area (Å²) in [6, 6.07) is 5.76. The molecule has 0 bridgehead atoms. The first-order chi connectivity index (χ1) is 9.06. The molecule has 0 aromatic heterocycles. The van der Waals surface area contributed by atoms with E-state index in [9.17, 15) is 4.79 Å². The number of amides is 1. The normalized spacial score (nSPS) is 28.1. The van der Waals surface area contributed by atoms with Gasteiger partial charge in [-0.05, 0) is 49.3 Å². The van der Waals surface area contributed by atoms with Crippen molar-refractivity contribution in [1.29, 1.82) is 0 Å². The van der Waals surface area contributed by atoms with Crippen LogP contribution in [-0.4, -0.2) is 29.9 Å². The van der Waals surface area contributed by atoms with Crippen molar-refractivity contribution in [3.63, 3.8) is 0 Å². The molecule has 110 valence electrons. The van der Waals surface area contributed by atoms with E-state index in [1.165, 1.54) is 0 Å². The van der Waals surface area contributed by atoms with Crippen LogP contribution < -0.4 is 5.73 Å². The highest BCUT2D eigenvalue weighted by molar-refractivity contribution is 6.31. The fourth-order valence-corrected chi connectivity index (χ4v) is 3.64. The second-order valence-corrected chi connectivity index (χ2v) is 6.27. The number of carbonyl (C=O) groups excluding carboxylic acids is 1. The molecule has 0 radical (unpaired) electrons. The number of likely N-dealkylation sites (tertiary alicyclic amines) is 1. The summed E-state index contributed by atoms with van der Waals surface area (Å²) >= 11 is 6.00. The second kappa shape index (κ2) is 5.92. The number of carbonyl (C=O) groups is 1. The van der Waals surface area contributed by atoms with Crippen molar-refractivity contribution in [2.24, 2.45) is 17.6 Å². The minimum absolute atomic E-state index is 0. The van der Waals surface area contributed by atoms with Crippen LogP contribution >= 0.6 is 24.0 Å². The molecular weight excluding hydrogens is 295 g/mol. The molecule has 2 fully saturated rings. The topological polar surface area (TPSA) is 46.3 Å². The largest absolute Gasteiger partial charge is 0.338 e. The predicted molar refractivity (Wildman–Crippen MR) is 83.5 cm³/mol. The Morgan fingerprint density at radius 1 is 1.35 bits per heavy atom. The average molecular weight is 315 g/mol. The van der Waals surface area contributed by atoms with Crippen molar-refractivity contribution >= 4 is 29.9 Å². The van der Waals surface area contributed by atoms with E-state index in [0.717, 1.165) is 37.1 Å². The quantitative estimate of drug-likeness (QED) is 0.866. The van der Waals surface area contributed by atoms with Crippen LogP contribution in [0.15, 0.2) is 18.2 Å². The molecule has 3 nitrogen and oxygen atoms in total. The van der Waals surface area contributed by atoms with E-state index in [1.807, 2.05) is 24.0 Å². The van der Waals surface area contributed by atoms with Crippen molar-refractivity contribution in [2.75, 3.05) is 13.1 Å². The van der Waals surface area contributed by atoms with Crippen molar-refractivity contribution in [3.05, 3.63) is 34.3 Å². The van der Waals surface area contributed by atoms with Gasteiger partial charge in [0.1, 0.15) is 0 Å². The number of halogens is 2. The van der Waals surface area contributed by atoms with Gasteiger partial charge in [0, 0.05) is 29.7 Å². The summed E-state index contributed by atoms with van der Waals surface area (Å²) in [6.07, 6.45) is 2.26. The summed E-state index contributed by atoms with van der Waals surface area (Å²) in [5, 5.41) is 0.616. The van der Waals surface area contributed by atoms with Crippen LogP contribution in [0.5, 0.6) is 0 Å². The van der Waals surface area contributed by atoms with Gasteiger partial charge in [0.05, 0.1) is 0 Å². The fraction of sp³-hybridized carbons (Fsp3) is 0.533. The van der Waals surface area contributed by atoms with E-state index < -0.39 is 0 Å². The lowest BCUT2D eigenvalue weighted by Gasteiger charge is -2.20. The van der Waals surface area contributed by atoms with E-state index in [0.29, 0.717) is 16.9 Å². The molecular formula is C15H20Cl2N2O. The van der Waals surface area contributed by atoms with Gasteiger partial charge >= 0.3 is 0 Å². The van der Waals surface area contributed by atoms with Gasteiger partial charge in [0.15, 0.2) is 0 Å². The van der Waals surface area contributed by atoms with Crippen LogP contribution in [0.25, 0.3) is 0 Å². The Morgan fingerprint density at radius 2 is 2.10 bits per heavy atom. The summed E-state index contributed by atoms with van der Waals surface area (Å²) in [4.78, 5) is 14.5. The number of fused-ring (bicyclic) bond motifs is 1. The zero-order valence-electron chi connectivity index (χ0n) is 11.5. The third kappa shape index (κ3) is 2.67. The van der Waals surface area contributed by atoms with Gasteiger partial charge in [-0.25, -0.2) is 0 Å². The molecule has 5 heteroatoms. The summed E-state index contributed by atoms with van der Waals surface area (Å²) < 4.78 is 0. The average Bonchev–Trinajstić information content (AvgIpc) is 2.94. The zero-order chi connectivity index (χ0) is 13.6. The van der Waals surface area contributed by atoms with Gasteiger partial charge in [0.25, 0.3) is 5.91 Å². The summed E-state index contributed by atoms with van der Waals surface area (Å²) in [5.41, 5.74) is 7.82. The highest BCUT2D eigenvalue weighted by Gasteiger charge is 2.42. The molecule has 1 amide bonds. The molecule has 1 aromatic rings. The lowest BCUT2D eigenvalue weighted by molar-refractivity contribution is 0.0779. The number of hydrogen-bond donors (Lipinski definition) is 1. The van der Waals surface area contributed by atoms with Gasteiger partial charge in [-0.15, -0.1) is 12.4 Å². The third-order valence-electron chi connectivity index (χ3n) is 4.63. The maximum absolute atomic E-state index is 12.6. The number of benzene rings is 1. The number of nitrogens with zero attached hydrogens (tertiary/aromatic N) is 1. The molecule has 1 heterocycles. The highest BCUT2D eigenvalue weighted by Crippen LogP contribution is 2.37. The van der Waals surface area contributed by atoms with Crippen molar-refractivity contribution in [1.82, 2.24) is 4.90 Å². The molecule has 3 unspecified atom stereocenters. The lowest BCUT2D eigenvalue weighted by atomic mass is 9.98. The fourth-order valence-electron chi connectivity index (χ4n) is 3.47. The first kappa shape index (κ1) is 15.6. The Bertz CT molecular complexity index is 521. The summed E-state index contributed by atoms with van der Waals surface area (Å²) in [5.74, 6) is 1.18. The molecule has 1 saturated heterocycles. The molecule has 2 aliphatic rings. The van der Waals surface area contributed by atoms with Gasteiger partial charge in [-0.1, -0.05) is 17.7 Å². The van der Waals surface area contributed by atoms with Crippen molar-refractivity contribution in [3.8, 4) is 0 Å². The second-order valence-electron chi connectivity index (χ2n) is 5.83. The maximum Gasteiger partial charge on any atom is 0.254 e. The van der Waals surface area contributed by atoms with E-state index in [2.05, 4.69) is 0 Å². The smallest absolute Gasteiger partial charge is 0.254 e.